The van der Waals surface area contributed by atoms with Gasteiger partial charge in [0.1, 0.15) is 6.10 Å². The SMILES string of the molecule is N=C(N)N.O=P([O-])([O-])OC(CO)CO. The molecule has 0 aromatic heterocycles. The predicted octanol–water partition coefficient (Wildman–Crippen LogP) is -3.98. The van der Waals surface area contributed by atoms with Gasteiger partial charge in [0.15, 0.2) is 5.96 Å². The van der Waals surface area contributed by atoms with Crippen molar-refractivity contribution in [2.24, 2.45) is 11.5 Å². The van der Waals surface area contributed by atoms with E-state index in [4.69, 9.17) is 15.6 Å². The fourth-order valence-corrected chi connectivity index (χ4v) is 0.805. The molecule has 0 heterocycles. The normalized spacial score (nSPS) is 10.6. The van der Waals surface area contributed by atoms with Gasteiger partial charge in [0.05, 0.1) is 21.0 Å². The van der Waals surface area contributed by atoms with Crippen molar-refractivity contribution in [3.63, 3.8) is 0 Å². The largest absolute Gasteiger partial charge is 0.790 e. The average molecular weight is 229 g/mol. The summed E-state index contributed by atoms with van der Waals surface area (Å²) in [5, 5.41) is 22.5. The van der Waals surface area contributed by atoms with Crippen LogP contribution in [0.2, 0.25) is 0 Å². The highest BCUT2D eigenvalue weighted by molar-refractivity contribution is 7.43. The highest BCUT2D eigenvalue weighted by Crippen LogP contribution is 2.26. The minimum atomic E-state index is -5.07. The molecule has 7 N–H and O–H groups in total. The number of nitrogens with two attached hydrogens (primary N) is 2. The van der Waals surface area contributed by atoms with Crippen LogP contribution >= 0.6 is 7.82 Å². The van der Waals surface area contributed by atoms with Crippen molar-refractivity contribution in [3.05, 3.63) is 0 Å². The van der Waals surface area contributed by atoms with Crippen molar-refractivity contribution >= 4 is 13.8 Å². The third kappa shape index (κ3) is 17.4. The minimum Gasteiger partial charge on any atom is -0.790 e. The summed E-state index contributed by atoms with van der Waals surface area (Å²) in [5.74, 6) is -0.333. The van der Waals surface area contributed by atoms with Gasteiger partial charge in [-0.2, -0.15) is 0 Å². The quantitative estimate of drug-likeness (QED) is 0.183. The van der Waals surface area contributed by atoms with Gasteiger partial charge in [0.2, 0.25) is 0 Å². The Bertz CT molecular complexity index is 197. The van der Waals surface area contributed by atoms with Crippen LogP contribution in [0.15, 0.2) is 0 Å². The van der Waals surface area contributed by atoms with Gasteiger partial charge in [-0.3, -0.25) is 5.41 Å². The summed E-state index contributed by atoms with van der Waals surface area (Å²) in [6.45, 7) is -1.41. The highest BCUT2D eigenvalue weighted by Gasteiger charge is 2.06. The second-order valence-corrected chi connectivity index (χ2v) is 3.10. The third-order valence-electron chi connectivity index (χ3n) is 0.685. The van der Waals surface area contributed by atoms with Gasteiger partial charge in [-0.1, -0.05) is 0 Å². The number of guanidine groups is 1. The van der Waals surface area contributed by atoms with E-state index in [0.717, 1.165) is 0 Å². The average Bonchev–Trinajstić information content (AvgIpc) is 1.97. The summed E-state index contributed by atoms with van der Waals surface area (Å²) < 4.78 is 13.5. The van der Waals surface area contributed by atoms with E-state index in [2.05, 4.69) is 16.0 Å². The maximum atomic E-state index is 9.79. The van der Waals surface area contributed by atoms with Gasteiger partial charge in [-0.05, 0) is 0 Å². The number of phosphoric ester groups is 1. The second kappa shape index (κ2) is 7.68. The Hall–Kier alpha value is -0.700. The van der Waals surface area contributed by atoms with E-state index >= 15 is 0 Å². The fraction of sp³-hybridized carbons (Fsp3) is 0.750. The Morgan fingerprint density at radius 3 is 1.79 bits per heavy atom. The first kappa shape index (κ1) is 15.8. The lowest BCUT2D eigenvalue weighted by molar-refractivity contribution is -0.346. The summed E-state index contributed by atoms with van der Waals surface area (Å²) in [5.41, 5.74) is 8.94. The molecule has 0 unspecified atom stereocenters. The molecule has 0 radical (unpaired) electrons. The van der Waals surface area contributed by atoms with Crippen molar-refractivity contribution in [1.82, 2.24) is 0 Å². The number of hydrogen-bond acceptors (Lipinski definition) is 7. The number of aliphatic hydroxyl groups excluding tert-OH is 2. The number of hydrogen-bond donors (Lipinski definition) is 5. The molecule has 0 aliphatic heterocycles. The molecule has 0 rings (SSSR count). The van der Waals surface area contributed by atoms with Gasteiger partial charge in [0.25, 0.3) is 0 Å². The molecule has 0 aromatic rings. The van der Waals surface area contributed by atoms with Crippen LogP contribution in [0.25, 0.3) is 0 Å². The van der Waals surface area contributed by atoms with E-state index in [1.165, 1.54) is 0 Å². The van der Waals surface area contributed by atoms with Crippen LogP contribution in [0, 0.1) is 5.41 Å². The van der Waals surface area contributed by atoms with Crippen molar-refractivity contribution in [1.29, 1.82) is 5.41 Å². The van der Waals surface area contributed by atoms with Crippen LogP contribution in [0.4, 0.5) is 0 Å². The van der Waals surface area contributed by atoms with Crippen molar-refractivity contribution in [2.45, 2.75) is 6.10 Å². The van der Waals surface area contributed by atoms with Crippen LogP contribution in [0.3, 0.4) is 0 Å². The fourth-order valence-electron chi connectivity index (χ4n) is 0.307. The molecule has 9 nitrogen and oxygen atoms in total. The Morgan fingerprint density at radius 2 is 1.71 bits per heavy atom. The molecule has 0 saturated carbocycles. The Labute approximate surface area is 80.0 Å². The molecule has 0 atom stereocenters. The summed E-state index contributed by atoms with van der Waals surface area (Å²) in [6.07, 6.45) is -1.33. The smallest absolute Gasteiger partial charge is 0.183 e. The lowest BCUT2D eigenvalue weighted by atomic mass is 10.4. The number of nitrogens with one attached hydrogen (secondary N) is 1. The number of phosphoric acid groups is 1. The second-order valence-electron chi connectivity index (χ2n) is 2.00. The Balaban J connectivity index is 0. The summed E-state index contributed by atoms with van der Waals surface area (Å²) >= 11 is 0. The maximum absolute atomic E-state index is 9.79. The van der Waals surface area contributed by atoms with Crippen LogP contribution in [-0.2, 0) is 9.09 Å². The van der Waals surface area contributed by atoms with Crippen LogP contribution in [0.1, 0.15) is 0 Å². The molecule has 0 saturated heterocycles. The van der Waals surface area contributed by atoms with E-state index in [0.29, 0.717) is 0 Å². The highest BCUT2D eigenvalue weighted by atomic mass is 31.2. The lowest BCUT2D eigenvalue weighted by Gasteiger charge is -2.31. The molecular formula is C4H12N3O6P-2. The Morgan fingerprint density at radius 1 is 1.43 bits per heavy atom. The molecule has 0 aliphatic rings. The third-order valence-corrected chi connectivity index (χ3v) is 1.24. The summed E-state index contributed by atoms with van der Waals surface area (Å²) in [4.78, 5) is 19.6. The van der Waals surface area contributed by atoms with Crippen LogP contribution in [0.5, 0.6) is 0 Å². The molecular weight excluding hydrogens is 217 g/mol. The number of aliphatic hydroxyl groups is 2. The zero-order chi connectivity index (χ0) is 11.8. The zero-order valence-corrected chi connectivity index (χ0v) is 8.02. The first-order chi connectivity index (χ1) is 6.22. The molecule has 0 amide bonds. The molecule has 0 aliphatic carbocycles. The van der Waals surface area contributed by atoms with Crippen molar-refractivity contribution < 1.29 is 29.1 Å². The Kier molecular flexibility index (Phi) is 8.65. The van der Waals surface area contributed by atoms with Gasteiger partial charge in [-0.25, -0.2) is 0 Å². The van der Waals surface area contributed by atoms with Crippen LogP contribution in [-0.4, -0.2) is 35.5 Å². The molecule has 86 valence electrons. The molecule has 10 heteroatoms. The van der Waals surface area contributed by atoms with E-state index in [1.807, 2.05) is 0 Å². The zero-order valence-electron chi connectivity index (χ0n) is 7.12. The molecule has 0 fully saturated rings. The molecule has 0 aromatic carbocycles. The van der Waals surface area contributed by atoms with Gasteiger partial charge < -0.3 is 40.6 Å². The van der Waals surface area contributed by atoms with E-state index in [-0.39, 0.29) is 5.96 Å². The minimum absolute atomic E-state index is 0.333. The van der Waals surface area contributed by atoms with Gasteiger partial charge in [-0.15, -0.1) is 0 Å². The monoisotopic (exact) mass is 229 g/mol. The van der Waals surface area contributed by atoms with Gasteiger partial charge in [0, 0.05) is 0 Å². The standard InChI is InChI=1S/C3H9O6P.CH5N3/c4-1-3(2-5)9-10(6,7)8;2-1(3)4/h3-5H,1-2H2,(H2,6,7,8);(H5,2,3,4)/p-2. The van der Waals surface area contributed by atoms with Crippen molar-refractivity contribution in [2.75, 3.05) is 13.2 Å². The maximum Gasteiger partial charge on any atom is 0.183 e. The van der Waals surface area contributed by atoms with Gasteiger partial charge >= 0.3 is 0 Å². The van der Waals surface area contributed by atoms with E-state index in [1.54, 1.807) is 0 Å². The van der Waals surface area contributed by atoms with E-state index < -0.39 is 27.1 Å². The molecule has 0 bridgehead atoms. The number of rotatable bonds is 4. The molecule has 14 heavy (non-hydrogen) atoms. The first-order valence-corrected chi connectivity index (χ1v) is 4.70. The van der Waals surface area contributed by atoms with Crippen LogP contribution < -0.4 is 21.3 Å². The first-order valence-electron chi connectivity index (χ1n) is 3.24. The molecule has 0 spiro atoms. The lowest BCUT2D eigenvalue weighted by Crippen LogP contribution is -2.27. The summed E-state index contributed by atoms with van der Waals surface area (Å²) in [6, 6.07) is 0. The topological polar surface area (TPSA) is 189 Å². The van der Waals surface area contributed by atoms with Crippen molar-refractivity contribution in [3.8, 4) is 0 Å². The van der Waals surface area contributed by atoms with E-state index in [9.17, 15) is 14.4 Å². The predicted molar refractivity (Wildman–Crippen MR) is 42.8 cm³/mol. The summed E-state index contributed by atoms with van der Waals surface area (Å²) in [7, 11) is -5.07.